The van der Waals surface area contributed by atoms with E-state index in [1.165, 1.54) is 11.8 Å². The number of fused-ring (bicyclic) bond motifs is 3. The molecular formula is C26H23N5O2S. The lowest BCUT2D eigenvalue weighted by Gasteiger charge is -2.24. The fourth-order valence-corrected chi connectivity index (χ4v) is 4.98. The monoisotopic (exact) mass is 469 g/mol. The maximum atomic E-state index is 13.4. The maximum Gasteiger partial charge on any atom is 0.267 e. The van der Waals surface area contributed by atoms with E-state index in [2.05, 4.69) is 10.2 Å². The van der Waals surface area contributed by atoms with Crippen LogP contribution < -0.4 is 10.5 Å². The van der Waals surface area contributed by atoms with Gasteiger partial charge in [-0.25, -0.2) is 4.57 Å². The van der Waals surface area contributed by atoms with E-state index in [1.54, 1.807) is 15.5 Å². The molecule has 0 N–H and O–H groups in total. The van der Waals surface area contributed by atoms with Crippen molar-refractivity contribution in [3.8, 4) is 5.69 Å². The Morgan fingerprint density at radius 1 is 0.941 bits per heavy atom. The fourth-order valence-electron chi connectivity index (χ4n) is 4.07. The average molecular weight is 470 g/mol. The summed E-state index contributed by atoms with van der Waals surface area (Å²) in [6.45, 7) is 4.39. The maximum absolute atomic E-state index is 13.4. The van der Waals surface area contributed by atoms with Gasteiger partial charge in [0.05, 0.1) is 21.8 Å². The predicted molar refractivity (Wildman–Crippen MR) is 136 cm³/mol. The normalized spacial score (nSPS) is 12.2. The van der Waals surface area contributed by atoms with Crippen LogP contribution in [0, 0.1) is 0 Å². The van der Waals surface area contributed by atoms with E-state index in [4.69, 9.17) is 0 Å². The molecule has 1 atom stereocenters. The minimum atomic E-state index is -0.413. The molecule has 1 unspecified atom stereocenters. The molecule has 8 heteroatoms. The number of hydrogen-bond acceptors (Lipinski definition) is 5. The lowest BCUT2D eigenvalue weighted by atomic mass is 10.2. The van der Waals surface area contributed by atoms with Crippen molar-refractivity contribution in [2.24, 2.45) is 0 Å². The van der Waals surface area contributed by atoms with Gasteiger partial charge in [-0.15, -0.1) is 10.2 Å². The first-order valence-corrected chi connectivity index (χ1v) is 12.0. The van der Waals surface area contributed by atoms with Crippen LogP contribution in [0.1, 0.15) is 13.8 Å². The summed E-state index contributed by atoms with van der Waals surface area (Å²) in [7, 11) is 0. The largest absolute Gasteiger partial charge is 0.312 e. The zero-order valence-corrected chi connectivity index (χ0v) is 19.6. The van der Waals surface area contributed by atoms with Crippen molar-refractivity contribution in [1.82, 2.24) is 19.2 Å². The van der Waals surface area contributed by atoms with Crippen LogP contribution in [-0.4, -0.2) is 36.9 Å². The molecule has 0 radical (unpaired) electrons. The molecule has 5 rings (SSSR count). The van der Waals surface area contributed by atoms with Crippen molar-refractivity contribution >= 4 is 40.0 Å². The molecule has 0 bridgehead atoms. The van der Waals surface area contributed by atoms with Gasteiger partial charge in [-0.05, 0) is 50.2 Å². The molecule has 0 spiro atoms. The molecule has 0 fully saturated rings. The number of carbonyl (C=O) groups is 1. The van der Waals surface area contributed by atoms with Gasteiger partial charge >= 0.3 is 0 Å². The van der Waals surface area contributed by atoms with Crippen molar-refractivity contribution < 1.29 is 4.79 Å². The van der Waals surface area contributed by atoms with Crippen LogP contribution in [0.15, 0.2) is 94.9 Å². The quantitative estimate of drug-likeness (QED) is 0.341. The van der Waals surface area contributed by atoms with Crippen molar-refractivity contribution in [3.05, 3.63) is 95.3 Å². The second-order valence-electron chi connectivity index (χ2n) is 7.79. The Kier molecular flexibility index (Phi) is 5.90. The van der Waals surface area contributed by atoms with Crippen LogP contribution in [-0.2, 0) is 4.79 Å². The first-order valence-electron chi connectivity index (χ1n) is 11.1. The molecule has 5 aromatic rings. The summed E-state index contributed by atoms with van der Waals surface area (Å²) in [5.74, 6) is 0.392. The molecule has 1 amide bonds. The highest BCUT2D eigenvalue weighted by atomic mass is 32.2. The Balaban J connectivity index is 1.61. The molecule has 0 saturated heterocycles. The number of para-hydroxylation sites is 3. The summed E-state index contributed by atoms with van der Waals surface area (Å²) in [5, 5.41) is 9.47. The lowest BCUT2D eigenvalue weighted by molar-refractivity contribution is -0.117. The van der Waals surface area contributed by atoms with Gasteiger partial charge in [0, 0.05) is 12.2 Å². The van der Waals surface area contributed by atoms with Gasteiger partial charge in [-0.3, -0.25) is 14.0 Å². The number of anilines is 1. The van der Waals surface area contributed by atoms with Gasteiger partial charge in [0.2, 0.25) is 11.7 Å². The standard InChI is InChI=1S/C26H23N5O2S/c1-3-29(19-12-6-4-7-13-19)23(32)18(2)34-26-28-27-25-30(20-14-8-5-9-15-20)24(33)21-16-10-11-17-22(21)31(25)26/h4-18H,3H2,1-2H3. The average Bonchev–Trinajstić information content (AvgIpc) is 3.29. The van der Waals surface area contributed by atoms with E-state index in [-0.39, 0.29) is 11.5 Å². The van der Waals surface area contributed by atoms with Gasteiger partial charge in [0.15, 0.2) is 5.16 Å². The first-order chi connectivity index (χ1) is 16.6. The molecule has 3 aromatic carbocycles. The molecular weight excluding hydrogens is 446 g/mol. The third-order valence-electron chi connectivity index (χ3n) is 5.69. The zero-order valence-electron chi connectivity index (χ0n) is 18.8. The van der Waals surface area contributed by atoms with Gasteiger partial charge < -0.3 is 4.90 Å². The van der Waals surface area contributed by atoms with E-state index >= 15 is 0 Å². The number of nitrogens with zero attached hydrogens (tertiary/aromatic N) is 5. The summed E-state index contributed by atoms with van der Waals surface area (Å²) in [6.07, 6.45) is 0. The molecule has 0 aliphatic carbocycles. The molecule has 0 aliphatic heterocycles. The van der Waals surface area contributed by atoms with E-state index in [0.29, 0.717) is 34.1 Å². The SMILES string of the molecule is CCN(C(=O)C(C)Sc1nnc2n(-c3ccccc3)c(=O)c3ccccc3n12)c1ccccc1. The highest BCUT2D eigenvalue weighted by Gasteiger charge is 2.25. The van der Waals surface area contributed by atoms with Crippen LogP contribution in [0.3, 0.4) is 0 Å². The number of amides is 1. The molecule has 2 aromatic heterocycles. The molecule has 34 heavy (non-hydrogen) atoms. The lowest BCUT2D eigenvalue weighted by Crippen LogP contribution is -2.36. The highest BCUT2D eigenvalue weighted by molar-refractivity contribution is 8.00. The number of thioether (sulfide) groups is 1. The summed E-state index contributed by atoms with van der Waals surface area (Å²) >= 11 is 1.33. The number of benzene rings is 3. The molecule has 170 valence electrons. The number of hydrogen-bond donors (Lipinski definition) is 0. The fraction of sp³-hybridized carbons (Fsp3) is 0.154. The van der Waals surface area contributed by atoms with Crippen LogP contribution in [0.2, 0.25) is 0 Å². The van der Waals surface area contributed by atoms with Gasteiger partial charge in [0.25, 0.3) is 5.56 Å². The van der Waals surface area contributed by atoms with Gasteiger partial charge in [0.1, 0.15) is 0 Å². The summed E-state index contributed by atoms with van der Waals surface area (Å²) < 4.78 is 3.42. The summed E-state index contributed by atoms with van der Waals surface area (Å²) in [4.78, 5) is 28.5. The molecule has 7 nitrogen and oxygen atoms in total. The number of rotatable bonds is 6. The van der Waals surface area contributed by atoms with Crippen LogP contribution in [0.5, 0.6) is 0 Å². The third-order valence-corrected chi connectivity index (χ3v) is 6.72. The van der Waals surface area contributed by atoms with E-state index in [9.17, 15) is 9.59 Å². The number of carbonyl (C=O) groups excluding carboxylic acids is 1. The first kappa shape index (κ1) is 21.9. The topological polar surface area (TPSA) is 72.5 Å². The van der Waals surface area contributed by atoms with Crippen molar-refractivity contribution in [2.45, 2.75) is 24.3 Å². The Labute approximate surface area is 200 Å². The van der Waals surface area contributed by atoms with Crippen LogP contribution >= 0.6 is 11.8 Å². The predicted octanol–water partition coefficient (Wildman–Crippen LogP) is 4.57. The van der Waals surface area contributed by atoms with Crippen LogP contribution in [0.25, 0.3) is 22.4 Å². The minimum Gasteiger partial charge on any atom is -0.312 e. The Bertz CT molecular complexity index is 1530. The smallest absolute Gasteiger partial charge is 0.267 e. The van der Waals surface area contributed by atoms with Gasteiger partial charge in [-0.2, -0.15) is 0 Å². The highest BCUT2D eigenvalue weighted by Crippen LogP contribution is 2.28. The van der Waals surface area contributed by atoms with Crippen molar-refractivity contribution in [1.29, 1.82) is 0 Å². The molecule has 0 aliphatic rings. The second kappa shape index (κ2) is 9.15. The Morgan fingerprint density at radius 3 is 2.29 bits per heavy atom. The molecule has 0 saturated carbocycles. The van der Waals surface area contributed by atoms with Crippen molar-refractivity contribution in [3.63, 3.8) is 0 Å². The molecule has 2 heterocycles. The number of aromatic nitrogens is 4. The van der Waals surface area contributed by atoms with Crippen LogP contribution in [0.4, 0.5) is 5.69 Å². The summed E-state index contributed by atoms with van der Waals surface area (Å²) in [5.41, 5.74) is 2.11. The van der Waals surface area contributed by atoms with Gasteiger partial charge in [-0.1, -0.05) is 60.3 Å². The Morgan fingerprint density at radius 2 is 1.59 bits per heavy atom. The Hall–Kier alpha value is -3.91. The summed E-state index contributed by atoms with van der Waals surface area (Å²) in [6, 6.07) is 26.4. The van der Waals surface area contributed by atoms with E-state index < -0.39 is 5.25 Å². The zero-order chi connectivity index (χ0) is 23.7. The third kappa shape index (κ3) is 3.76. The minimum absolute atomic E-state index is 0.0175. The van der Waals surface area contributed by atoms with Crippen molar-refractivity contribution in [2.75, 3.05) is 11.4 Å². The van der Waals surface area contributed by atoms with E-state index in [0.717, 1.165) is 5.69 Å². The van der Waals surface area contributed by atoms with E-state index in [1.807, 2.05) is 97.1 Å². The second-order valence-corrected chi connectivity index (χ2v) is 9.10.